The third kappa shape index (κ3) is 2.96. The van der Waals surface area contributed by atoms with Crippen molar-refractivity contribution in [2.75, 3.05) is 19.5 Å². The van der Waals surface area contributed by atoms with Gasteiger partial charge in [-0.3, -0.25) is 0 Å². The molecule has 0 fully saturated rings. The highest BCUT2D eigenvalue weighted by Crippen LogP contribution is 2.29. The summed E-state index contributed by atoms with van der Waals surface area (Å²) in [6, 6.07) is 4.58. The molecule has 1 heterocycles. The van der Waals surface area contributed by atoms with Gasteiger partial charge in [-0.05, 0) is 40.5 Å². The summed E-state index contributed by atoms with van der Waals surface area (Å²) >= 11 is 3.44. The molecule has 20 heavy (non-hydrogen) atoms. The maximum atomic E-state index is 13.4. The molecule has 0 amide bonds. The molecule has 0 spiro atoms. The predicted molar refractivity (Wildman–Crippen MR) is 80.1 cm³/mol. The van der Waals surface area contributed by atoms with Crippen molar-refractivity contribution in [3.63, 3.8) is 0 Å². The van der Waals surface area contributed by atoms with Crippen LogP contribution in [0, 0.1) is 12.7 Å². The van der Waals surface area contributed by atoms with Crippen LogP contribution in [-0.4, -0.2) is 24.1 Å². The van der Waals surface area contributed by atoms with Crippen molar-refractivity contribution in [3.05, 3.63) is 39.7 Å². The van der Waals surface area contributed by atoms with Crippen LogP contribution in [0.25, 0.3) is 11.4 Å². The number of hydrogen-bond acceptors (Lipinski definition) is 4. The fourth-order valence-electron chi connectivity index (χ4n) is 1.85. The molecule has 0 saturated heterocycles. The van der Waals surface area contributed by atoms with Gasteiger partial charge in [-0.1, -0.05) is 6.07 Å². The van der Waals surface area contributed by atoms with E-state index in [4.69, 9.17) is 4.74 Å². The van der Waals surface area contributed by atoms with Crippen LogP contribution in [0.2, 0.25) is 0 Å². The molecule has 0 aliphatic heterocycles. The lowest BCUT2D eigenvalue weighted by atomic mass is 10.1. The number of nitrogens with one attached hydrogen (secondary N) is 1. The van der Waals surface area contributed by atoms with E-state index >= 15 is 0 Å². The lowest BCUT2D eigenvalue weighted by Gasteiger charge is -2.12. The Bertz CT molecular complexity index is 634. The van der Waals surface area contributed by atoms with Gasteiger partial charge in [0.1, 0.15) is 11.6 Å². The lowest BCUT2D eigenvalue weighted by Crippen LogP contribution is -2.05. The third-order valence-electron chi connectivity index (χ3n) is 2.88. The highest BCUT2D eigenvalue weighted by atomic mass is 79.9. The fraction of sp³-hybridized carbons (Fsp3) is 0.286. The summed E-state index contributed by atoms with van der Waals surface area (Å²) < 4.78 is 19.3. The van der Waals surface area contributed by atoms with Gasteiger partial charge >= 0.3 is 0 Å². The molecule has 1 aromatic heterocycles. The first-order chi connectivity index (χ1) is 9.56. The van der Waals surface area contributed by atoms with Crippen LogP contribution in [0.15, 0.2) is 22.7 Å². The predicted octanol–water partition coefficient (Wildman–Crippen LogP) is 3.54. The van der Waals surface area contributed by atoms with E-state index in [0.717, 1.165) is 10.0 Å². The van der Waals surface area contributed by atoms with Crippen molar-refractivity contribution < 1.29 is 9.13 Å². The Morgan fingerprint density at radius 1 is 1.35 bits per heavy atom. The van der Waals surface area contributed by atoms with Crippen LogP contribution in [0.3, 0.4) is 0 Å². The van der Waals surface area contributed by atoms with Crippen molar-refractivity contribution in [2.45, 2.75) is 13.5 Å². The number of methoxy groups -OCH3 is 1. The average Bonchev–Trinajstić information content (AvgIpc) is 2.44. The smallest absolute Gasteiger partial charge is 0.162 e. The van der Waals surface area contributed by atoms with Gasteiger partial charge in [-0.25, -0.2) is 14.4 Å². The largest absolute Gasteiger partial charge is 0.378 e. The van der Waals surface area contributed by atoms with E-state index in [1.807, 2.05) is 6.92 Å². The zero-order valence-electron chi connectivity index (χ0n) is 11.5. The first kappa shape index (κ1) is 14.9. The quantitative estimate of drug-likeness (QED) is 0.925. The van der Waals surface area contributed by atoms with Gasteiger partial charge in [0.15, 0.2) is 5.82 Å². The lowest BCUT2D eigenvalue weighted by molar-refractivity contribution is 0.181. The summed E-state index contributed by atoms with van der Waals surface area (Å²) in [4.78, 5) is 8.87. The van der Waals surface area contributed by atoms with E-state index in [9.17, 15) is 4.39 Å². The molecule has 106 valence electrons. The first-order valence-electron chi connectivity index (χ1n) is 6.06. The summed E-state index contributed by atoms with van der Waals surface area (Å²) in [5.74, 6) is 0.809. The van der Waals surface area contributed by atoms with E-state index in [1.54, 1.807) is 20.2 Å². The summed E-state index contributed by atoms with van der Waals surface area (Å²) in [6.45, 7) is 2.24. The molecule has 2 aromatic rings. The summed E-state index contributed by atoms with van der Waals surface area (Å²) in [7, 11) is 3.37. The number of aromatic nitrogens is 2. The Morgan fingerprint density at radius 2 is 2.10 bits per heavy atom. The van der Waals surface area contributed by atoms with Gasteiger partial charge in [0.25, 0.3) is 0 Å². The standard InChI is InChI=1S/C14H15BrFN3O/c1-8-4-5-9(16)6-10(8)13-18-11(7-20-3)12(15)14(17-2)19-13/h4-6H,7H2,1-3H3,(H,17,18,19). The van der Waals surface area contributed by atoms with E-state index in [2.05, 4.69) is 31.2 Å². The molecule has 0 aliphatic rings. The maximum absolute atomic E-state index is 13.4. The van der Waals surface area contributed by atoms with Gasteiger partial charge < -0.3 is 10.1 Å². The fourth-order valence-corrected chi connectivity index (χ4v) is 2.34. The van der Waals surface area contributed by atoms with Gasteiger partial charge in [0.2, 0.25) is 0 Å². The van der Waals surface area contributed by atoms with Crippen molar-refractivity contribution in [2.24, 2.45) is 0 Å². The minimum atomic E-state index is -0.309. The van der Waals surface area contributed by atoms with Crippen molar-refractivity contribution in [1.29, 1.82) is 0 Å². The highest BCUT2D eigenvalue weighted by Gasteiger charge is 2.14. The molecule has 4 nitrogen and oxygen atoms in total. The van der Waals surface area contributed by atoms with Gasteiger partial charge in [-0.15, -0.1) is 0 Å². The Morgan fingerprint density at radius 3 is 2.75 bits per heavy atom. The number of benzene rings is 1. The van der Waals surface area contributed by atoms with Crippen LogP contribution in [-0.2, 0) is 11.3 Å². The SMILES string of the molecule is CNc1nc(-c2cc(F)ccc2C)nc(COC)c1Br. The molecule has 2 rings (SSSR count). The second-order valence-corrected chi connectivity index (χ2v) is 5.09. The first-order valence-corrected chi connectivity index (χ1v) is 6.85. The Balaban J connectivity index is 2.61. The van der Waals surface area contributed by atoms with E-state index in [1.165, 1.54) is 12.1 Å². The second-order valence-electron chi connectivity index (χ2n) is 4.30. The number of rotatable bonds is 4. The number of nitrogens with zero attached hydrogens (tertiary/aromatic N) is 2. The monoisotopic (exact) mass is 339 g/mol. The Kier molecular flexibility index (Phi) is 4.67. The minimum absolute atomic E-state index is 0.309. The second kappa shape index (κ2) is 6.28. The Labute approximate surface area is 125 Å². The number of halogens is 2. The highest BCUT2D eigenvalue weighted by molar-refractivity contribution is 9.10. The van der Waals surface area contributed by atoms with Crippen molar-refractivity contribution in [3.8, 4) is 11.4 Å². The van der Waals surface area contributed by atoms with Crippen LogP contribution >= 0.6 is 15.9 Å². The van der Waals surface area contributed by atoms with E-state index < -0.39 is 0 Å². The molecule has 0 radical (unpaired) electrons. The molecular formula is C14H15BrFN3O. The average molecular weight is 340 g/mol. The van der Waals surface area contributed by atoms with Crippen LogP contribution < -0.4 is 5.32 Å². The molecule has 0 atom stereocenters. The normalized spacial score (nSPS) is 10.7. The van der Waals surface area contributed by atoms with Gasteiger partial charge in [-0.2, -0.15) is 0 Å². The van der Waals surface area contributed by atoms with E-state index in [-0.39, 0.29) is 5.82 Å². The minimum Gasteiger partial charge on any atom is -0.378 e. The molecular weight excluding hydrogens is 325 g/mol. The van der Waals surface area contributed by atoms with Crippen LogP contribution in [0.4, 0.5) is 10.2 Å². The zero-order valence-corrected chi connectivity index (χ0v) is 13.1. The van der Waals surface area contributed by atoms with E-state index in [0.29, 0.717) is 29.5 Å². The molecule has 0 bridgehead atoms. The summed E-state index contributed by atoms with van der Waals surface area (Å²) in [5, 5.41) is 2.99. The maximum Gasteiger partial charge on any atom is 0.162 e. The molecule has 1 N–H and O–H groups in total. The van der Waals surface area contributed by atoms with Crippen molar-refractivity contribution >= 4 is 21.7 Å². The van der Waals surface area contributed by atoms with Crippen LogP contribution in [0.1, 0.15) is 11.3 Å². The Hall–Kier alpha value is -1.53. The van der Waals surface area contributed by atoms with Crippen LogP contribution in [0.5, 0.6) is 0 Å². The zero-order chi connectivity index (χ0) is 14.7. The summed E-state index contributed by atoms with van der Waals surface area (Å²) in [5.41, 5.74) is 2.30. The molecule has 0 aliphatic carbocycles. The van der Waals surface area contributed by atoms with Crippen molar-refractivity contribution in [1.82, 2.24) is 9.97 Å². The summed E-state index contributed by atoms with van der Waals surface area (Å²) in [6.07, 6.45) is 0. The topological polar surface area (TPSA) is 47.0 Å². The number of aryl methyl sites for hydroxylation is 1. The molecule has 0 unspecified atom stereocenters. The van der Waals surface area contributed by atoms with Gasteiger partial charge in [0, 0.05) is 19.7 Å². The number of ether oxygens (including phenoxy) is 1. The number of anilines is 1. The number of hydrogen-bond donors (Lipinski definition) is 1. The molecule has 1 aromatic carbocycles. The molecule has 0 saturated carbocycles. The molecule has 6 heteroatoms. The third-order valence-corrected chi connectivity index (χ3v) is 3.71. The van der Waals surface area contributed by atoms with Gasteiger partial charge in [0.05, 0.1) is 16.8 Å².